The second-order valence-electron chi connectivity index (χ2n) is 4.80. The van der Waals surface area contributed by atoms with E-state index in [1.54, 1.807) is 6.07 Å². The van der Waals surface area contributed by atoms with Crippen molar-refractivity contribution in [2.24, 2.45) is 0 Å². The number of halogens is 3. The number of nitrogens with zero attached hydrogens (tertiary/aromatic N) is 1. The average molecular weight is 258 g/mol. The third-order valence-corrected chi connectivity index (χ3v) is 3.75. The number of hydrogen-bond donors (Lipinski definition) is 1. The number of benzene rings is 1. The molecule has 1 aliphatic rings. The fourth-order valence-corrected chi connectivity index (χ4v) is 2.49. The molecule has 1 heterocycles. The van der Waals surface area contributed by atoms with Crippen LogP contribution in [0.4, 0.5) is 18.9 Å². The molecule has 1 aromatic carbocycles. The Morgan fingerprint density at radius 3 is 2.61 bits per heavy atom. The van der Waals surface area contributed by atoms with Crippen molar-refractivity contribution in [3.63, 3.8) is 0 Å². The monoisotopic (exact) mass is 258 g/mol. The van der Waals surface area contributed by atoms with Crippen LogP contribution in [-0.2, 0) is 12.6 Å². The summed E-state index contributed by atoms with van der Waals surface area (Å²) >= 11 is 0. The summed E-state index contributed by atoms with van der Waals surface area (Å²) < 4.78 is 38.0. The van der Waals surface area contributed by atoms with E-state index in [1.165, 1.54) is 12.1 Å². The molecule has 1 aliphatic heterocycles. The van der Waals surface area contributed by atoms with E-state index in [1.807, 2.05) is 25.9 Å². The summed E-state index contributed by atoms with van der Waals surface area (Å²) in [6, 6.07) is 4.44. The molecule has 2 nitrogen and oxygen atoms in total. The molecule has 2 rings (SSSR count). The highest BCUT2D eigenvalue weighted by Crippen LogP contribution is 2.37. The molecule has 0 fully saturated rings. The lowest BCUT2D eigenvalue weighted by molar-refractivity contribution is -0.137. The van der Waals surface area contributed by atoms with Gasteiger partial charge in [-0.25, -0.2) is 0 Å². The van der Waals surface area contributed by atoms with Crippen molar-refractivity contribution >= 4 is 5.69 Å². The predicted octanol–water partition coefficient (Wildman–Crippen LogP) is 2.67. The average Bonchev–Trinajstić information content (AvgIpc) is 2.64. The van der Waals surface area contributed by atoms with Crippen molar-refractivity contribution in [1.82, 2.24) is 5.32 Å². The van der Waals surface area contributed by atoms with E-state index < -0.39 is 11.7 Å². The van der Waals surface area contributed by atoms with Crippen molar-refractivity contribution in [3.8, 4) is 0 Å². The Hall–Kier alpha value is -1.23. The van der Waals surface area contributed by atoms with Gasteiger partial charge < -0.3 is 10.2 Å². The molecule has 100 valence electrons. The van der Waals surface area contributed by atoms with E-state index in [4.69, 9.17) is 0 Å². The number of fused-ring (bicyclic) bond motifs is 1. The van der Waals surface area contributed by atoms with Crippen LogP contribution in [0.5, 0.6) is 0 Å². The molecule has 0 aliphatic carbocycles. The minimum Gasteiger partial charge on any atom is -0.369 e. The highest BCUT2D eigenvalue weighted by molar-refractivity contribution is 5.61. The Kier molecular flexibility index (Phi) is 3.27. The summed E-state index contributed by atoms with van der Waals surface area (Å²) in [4.78, 5) is 1.94. The molecule has 2 unspecified atom stereocenters. The molecule has 0 saturated heterocycles. The second-order valence-corrected chi connectivity index (χ2v) is 4.80. The molecule has 18 heavy (non-hydrogen) atoms. The van der Waals surface area contributed by atoms with Gasteiger partial charge in [-0.15, -0.1) is 0 Å². The Morgan fingerprint density at radius 2 is 2.06 bits per heavy atom. The lowest BCUT2D eigenvalue weighted by Gasteiger charge is -2.28. The number of hydrogen-bond acceptors (Lipinski definition) is 2. The number of rotatable bonds is 2. The van der Waals surface area contributed by atoms with Crippen molar-refractivity contribution in [3.05, 3.63) is 29.3 Å². The van der Waals surface area contributed by atoms with Crippen LogP contribution in [-0.4, -0.2) is 26.2 Å². The van der Waals surface area contributed by atoms with Gasteiger partial charge in [-0.05, 0) is 38.1 Å². The van der Waals surface area contributed by atoms with Crippen molar-refractivity contribution in [1.29, 1.82) is 0 Å². The molecular weight excluding hydrogens is 241 g/mol. The van der Waals surface area contributed by atoms with Gasteiger partial charge in [0.15, 0.2) is 0 Å². The first kappa shape index (κ1) is 13.2. The molecule has 0 bridgehead atoms. The molecule has 1 aromatic rings. The fourth-order valence-electron chi connectivity index (χ4n) is 2.49. The summed E-state index contributed by atoms with van der Waals surface area (Å²) in [7, 11) is 3.72. The Balaban J connectivity index is 2.33. The zero-order chi connectivity index (χ0) is 13.5. The topological polar surface area (TPSA) is 15.3 Å². The lowest BCUT2D eigenvalue weighted by atomic mass is 10.0. The van der Waals surface area contributed by atoms with Crippen LogP contribution in [0.3, 0.4) is 0 Å². The van der Waals surface area contributed by atoms with Crippen LogP contribution in [0.1, 0.15) is 18.1 Å². The quantitative estimate of drug-likeness (QED) is 0.877. The third kappa shape index (κ3) is 2.19. The Labute approximate surface area is 105 Å². The minimum atomic E-state index is -4.28. The van der Waals surface area contributed by atoms with Crippen LogP contribution in [0.25, 0.3) is 0 Å². The maximum Gasteiger partial charge on any atom is 0.416 e. The van der Waals surface area contributed by atoms with Crippen LogP contribution < -0.4 is 10.2 Å². The van der Waals surface area contributed by atoms with Gasteiger partial charge in [0.2, 0.25) is 0 Å². The minimum absolute atomic E-state index is 0.202. The highest BCUT2D eigenvalue weighted by Gasteiger charge is 2.35. The normalized spacial score (nSPS) is 21.0. The van der Waals surface area contributed by atoms with Gasteiger partial charge >= 0.3 is 6.18 Å². The molecule has 1 N–H and O–H groups in total. The molecule has 0 spiro atoms. The number of alkyl halides is 3. The summed E-state index contributed by atoms with van der Waals surface area (Å²) in [5, 5.41) is 3.15. The number of likely N-dealkylation sites (N-methyl/N-ethyl adjacent to an activating group) is 2. The number of nitrogens with one attached hydrogen (secondary N) is 1. The van der Waals surface area contributed by atoms with Gasteiger partial charge in [0.1, 0.15) is 0 Å². The van der Waals surface area contributed by atoms with E-state index >= 15 is 0 Å². The van der Waals surface area contributed by atoms with Crippen molar-refractivity contribution < 1.29 is 13.2 Å². The Morgan fingerprint density at radius 1 is 1.39 bits per heavy atom. The molecular formula is C13H17F3N2. The molecule has 0 radical (unpaired) electrons. The summed E-state index contributed by atoms with van der Waals surface area (Å²) in [5.41, 5.74) is 1.10. The third-order valence-electron chi connectivity index (χ3n) is 3.75. The van der Waals surface area contributed by atoms with Crippen LogP contribution in [0, 0.1) is 0 Å². The van der Waals surface area contributed by atoms with Crippen LogP contribution >= 0.6 is 0 Å². The van der Waals surface area contributed by atoms with E-state index in [-0.39, 0.29) is 12.1 Å². The molecule has 2 atom stereocenters. The van der Waals surface area contributed by atoms with E-state index in [9.17, 15) is 13.2 Å². The molecule has 0 aromatic heterocycles. The van der Waals surface area contributed by atoms with Crippen molar-refractivity contribution in [2.45, 2.75) is 31.6 Å². The first-order chi connectivity index (χ1) is 8.34. The summed E-state index contributed by atoms with van der Waals surface area (Å²) in [6.45, 7) is 2.04. The largest absolute Gasteiger partial charge is 0.416 e. The summed E-state index contributed by atoms with van der Waals surface area (Å²) in [6.07, 6.45) is -3.49. The lowest BCUT2D eigenvalue weighted by Crippen LogP contribution is -2.44. The van der Waals surface area contributed by atoms with Gasteiger partial charge in [-0.1, -0.05) is 6.07 Å². The van der Waals surface area contributed by atoms with E-state index in [0.717, 1.165) is 12.0 Å². The zero-order valence-electron chi connectivity index (χ0n) is 10.7. The first-order valence-corrected chi connectivity index (χ1v) is 5.95. The van der Waals surface area contributed by atoms with Gasteiger partial charge in [0, 0.05) is 24.8 Å². The zero-order valence-corrected chi connectivity index (χ0v) is 10.7. The van der Waals surface area contributed by atoms with Gasteiger partial charge in [0.05, 0.1) is 5.56 Å². The second kappa shape index (κ2) is 4.46. The molecule has 5 heteroatoms. The Bertz CT molecular complexity index is 442. The van der Waals surface area contributed by atoms with Gasteiger partial charge in [-0.3, -0.25) is 0 Å². The predicted molar refractivity (Wildman–Crippen MR) is 65.9 cm³/mol. The van der Waals surface area contributed by atoms with Crippen molar-refractivity contribution in [2.75, 3.05) is 19.0 Å². The maximum absolute atomic E-state index is 12.7. The summed E-state index contributed by atoms with van der Waals surface area (Å²) in [5.74, 6) is 0. The SMILES string of the molecule is CNC(C)C1Cc2ccc(C(F)(F)F)cc2N1C. The molecule has 0 saturated carbocycles. The van der Waals surface area contributed by atoms with E-state index in [0.29, 0.717) is 5.69 Å². The van der Waals surface area contributed by atoms with E-state index in [2.05, 4.69) is 5.32 Å². The maximum atomic E-state index is 12.7. The first-order valence-electron chi connectivity index (χ1n) is 5.95. The van der Waals surface area contributed by atoms with Gasteiger partial charge in [-0.2, -0.15) is 13.2 Å². The fraction of sp³-hybridized carbons (Fsp3) is 0.538. The molecule has 0 amide bonds. The standard InChI is InChI=1S/C13H17F3N2/c1-8(17-2)11-6-9-4-5-10(13(14,15)16)7-12(9)18(11)3/h4-5,7-8,11,17H,6H2,1-3H3. The van der Waals surface area contributed by atoms with Crippen LogP contribution in [0.15, 0.2) is 18.2 Å². The van der Waals surface area contributed by atoms with Gasteiger partial charge in [0.25, 0.3) is 0 Å². The number of anilines is 1. The smallest absolute Gasteiger partial charge is 0.369 e. The van der Waals surface area contributed by atoms with Crippen LogP contribution in [0.2, 0.25) is 0 Å². The highest BCUT2D eigenvalue weighted by atomic mass is 19.4.